The lowest BCUT2D eigenvalue weighted by molar-refractivity contribution is 0.0786. The Hall–Kier alpha value is -2.54. The van der Waals surface area contributed by atoms with E-state index in [0.29, 0.717) is 11.6 Å². The number of thiazole rings is 1. The summed E-state index contributed by atoms with van der Waals surface area (Å²) < 4.78 is 1.24. The van der Waals surface area contributed by atoms with Gasteiger partial charge in [0.15, 0.2) is 0 Å². The first kappa shape index (κ1) is 17.6. The summed E-state index contributed by atoms with van der Waals surface area (Å²) in [4.78, 5) is 30.6. The molecule has 0 saturated carbocycles. The molecule has 2 aromatic heterocycles. The molecule has 6 nitrogen and oxygen atoms in total. The smallest absolute Gasteiger partial charge is 0.274 e. The molecule has 2 fully saturated rings. The minimum atomic E-state index is 0.00609. The van der Waals surface area contributed by atoms with Gasteiger partial charge in [-0.3, -0.25) is 9.78 Å². The van der Waals surface area contributed by atoms with Gasteiger partial charge in [0, 0.05) is 32.1 Å². The SMILES string of the molecule is O=C(c1cncc(N2CCCC(c3nc4ccccc4s3)C2)n1)N1CCCC1. The first-order valence-corrected chi connectivity index (χ1v) is 10.8. The molecule has 2 aliphatic heterocycles. The van der Waals surface area contributed by atoms with Gasteiger partial charge in [0.2, 0.25) is 0 Å². The maximum atomic E-state index is 12.7. The second kappa shape index (κ2) is 7.47. The third kappa shape index (κ3) is 3.35. The fourth-order valence-electron chi connectivity index (χ4n) is 4.14. The number of anilines is 1. The maximum absolute atomic E-state index is 12.7. The van der Waals surface area contributed by atoms with Crippen molar-refractivity contribution in [2.24, 2.45) is 0 Å². The van der Waals surface area contributed by atoms with Crippen LogP contribution in [0.25, 0.3) is 10.2 Å². The number of benzene rings is 1. The number of hydrogen-bond acceptors (Lipinski definition) is 6. The first-order chi connectivity index (χ1) is 13.8. The number of para-hydroxylation sites is 1. The van der Waals surface area contributed by atoms with Crippen molar-refractivity contribution in [3.8, 4) is 0 Å². The lowest BCUT2D eigenvalue weighted by atomic mass is 9.99. The Bertz CT molecular complexity index is 964. The van der Waals surface area contributed by atoms with Crippen molar-refractivity contribution >= 4 is 33.3 Å². The number of carbonyl (C=O) groups is 1. The van der Waals surface area contributed by atoms with Crippen LogP contribution in [0.3, 0.4) is 0 Å². The molecule has 5 rings (SSSR count). The van der Waals surface area contributed by atoms with Gasteiger partial charge in [-0.2, -0.15) is 0 Å². The third-order valence-electron chi connectivity index (χ3n) is 5.64. The largest absolute Gasteiger partial charge is 0.355 e. The predicted octanol–water partition coefficient (Wildman–Crippen LogP) is 3.71. The van der Waals surface area contributed by atoms with Crippen LogP contribution in [0.15, 0.2) is 36.7 Å². The molecule has 1 unspecified atom stereocenters. The highest BCUT2D eigenvalue weighted by atomic mass is 32.1. The molecule has 7 heteroatoms. The zero-order valence-electron chi connectivity index (χ0n) is 15.8. The number of amides is 1. The van der Waals surface area contributed by atoms with Crippen molar-refractivity contribution < 1.29 is 4.79 Å². The van der Waals surface area contributed by atoms with Gasteiger partial charge in [-0.05, 0) is 37.8 Å². The van der Waals surface area contributed by atoms with Gasteiger partial charge in [-0.1, -0.05) is 12.1 Å². The van der Waals surface area contributed by atoms with E-state index in [1.165, 1.54) is 9.71 Å². The molecule has 144 valence electrons. The maximum Gasteiger partial charge on any atom is 0.274 e. The number of likely N-dealkylation sites (tertiary alicyclic amines) is 1. The Morgan fingerprint density at radius 1 is 1.04 bits per heavy atom. The Kier molecular flexibility index (Phi) is 4.68. The van der Waals surface area contributed by atoms with Crippen molar-refractivity contribution in [2.45, 2.75) is 31.6 Å². The minimum absolute atomic E-state index is 0.00609. The van der Waals surface area contributed by atoms with Crippen LogP contribution < -0.4 is 4.90 Å². The van der Waals surface area contributed by atoms with E-state index >= 15 is 0 Å². The molecule has 0 radical (unpaired) electrons. The van der Waals surface area contributed by atoms with Gasteiger partial charge in [0.05, 0.1) is 27.6 Å². The molecule has 1 aromatic carbocycles. The molecule has 3 aromatic rings. The molecule has 0 spiro atoms. The van der Waals surface area contributed by atoms with Gasteiger partial charge >= 0.3 is 0 Å². The summed E-state index contributed by atoms with van der Waals surface area (Å²) in [6.45, 7) is 3.47. The van der Waals surface area contributed by atoms with Gasteiger partial charge in [-0.15, -0.1) is 11.3 Å². The topological polar surface area (TPSA) is 62.2 Å². The van der Waals surface area contributed by atoms with Crippen LogP contribution in [0.4, 0.5) is 5.82 Å². The van der Waals surface area contributed by atoms with Gasteiger partial charge in [0.25, 0.3) is 5.91 Å². The molecular weight excluding hydrogens is 370 g/mol. The van der Waals surface area contributed by atoms with Crippen LogP contribution in [-0.2, 0) is 0 Å². The summed E-state index contributed by atoms with van der Waals surface area (Å²) in [5, 5.41) is 1.20. The number of fused-ring (bicyclic) bond motifs is 1. The molecule has 2 saturated heterocycles. The average Bonchev–Trinajstić information content (AvgIpc) is 3.43. The molecule has 28 heavy (non-hydrogen) atoms. The number of rotatable bonds is 3. The molecule has 4 heterocycles. The number of nitrogens with zero attached hydrogens (tertiary/aromatic N) is 5. The number of carbonyl (C=O) groups excluding carboxylic acids is 1. The quantitative estimate of drug-likeness (QED) is 0.679. The lowest BCUT2D eigenvalue weighted by Crippen LogP contribution is -2.35. The summed E-state index contributed by atoms with van der Waals surface area (Å²) in [7, 11) is 0. The Morgan fingerprint density at radius 2 is 1.89 bits per heavy atom. The van der Waals surface area contributed by atoms with Crippen LogP contribution in [0.2, 0.25) is 0 Å². The standard InChI is InChI=1S/C21H23N5OS/c27-21(25-9-3-4-10-25)17-12-22-13-19(23-17)26-11-5-6-15(14-26)20-24-16-7-1-2-8-18(16)28-20/h1-2,7-8,12-13,15H,3-6,9-11,14H2. The van der Waals surface area contributed by atoms with Crippen LogP contribution in [-0.4, -0.2) is 51.9 Å². The van der Waals surface area contributed by atoms with Crippen molar-refractivity contribution in [1.29, 1.82) is 0 Å². The van der Waals surface area contributed by atoms with E-state index in [9.17, 15) is 4.79 Å². The average molecular weight is 394 g/mol. The highest BCUT2D eigenvalue weighted by Crippen LogP contribution is 2.34. The van der Waals surface area contributed by atoms with E-state index in [4.69, 9.17) is 4.98 Å². The fourth-order valence-corrected chi connectivity index (χ4v) is 5.24. The molecular formula is C21H23N5OS. The summed E-state index contributed by atoms with van der Waals surface area (Å²) in [6, 6.07) is 8.32. The predicted molar refractivity (Wildman–Crippen MR) is 111 cm³/mol. The Balaban J connectivity index is 1.36. The van der Waals surface area contributed by atoms with E-state index < -0.39 is 0 Å². The zero-order chi connectivity index (χ0) is 18.9. The highest BCUT2D eigenvalue weighted by molar-refractivity contribution is 7.18. The fraction of sp³-hybridized carbons (Fsp3) is 0.429. The monoisotopic (exact) mass is 393 g/mol. The van der Waals surface area contributed by atoms with Crippen molar-refractivity contribution in [2.75, 3.05) is 31.1 Å². The minimum Gasteiger partial charge on any atom is -0.355 e. The molecule has 2 aliphatic rings. The van der Waals surface area contributed by atoms with E-state index in [2.05, 4.69) is 33.1 Å². The lowest BCUT2D eigenvalue weighted by Gasteiger charge is -2.32. The van der Waals surface area contributed by atoms with Gasteiger partial charge in [0.1, 0.15) is 11.5 Å². The third-order valence-corrected chi connectivity index (χ3v) is 6.84. The zero-order valence-corrected chi connectivity index (χ0v) is 16.6. The molecule has 1 atom stereocenters. The Morgan fingerprint density at radius 3 is 2.75 bits per heavy atom. The summed E-state index contributed by atoms with van der Waals surface area (Å²) in [5.41, 5.74) is 1.54. The summed E-state index contributed by atoms with van der Waals surface area (Å²) >= 11 is 1.79. The highest BCUT2D eigenvalue weighted by Gasteiger charge is 2.26. The Labute approximate surface area is 168 Å². The molecule has 0 bridgehead atoms. The number of hydrogen-bond donors (Lipinski definition) is 0. The van der Waals surface area contributed by atoms with E-state index in [-0.39, 0.29) is 5.91 Å². The van der Waals surface area contributed by atoms with E-state index in [0.717, 1.165) is 63.2 Å². The second-order valence-corrected chi connectivity index (χ2v) is 8.63. The van der Waals surface area contributed by atoms with Gasteiger partial charge < -0.3 is 9.80 Å². The van der Waals surface area contributed by atoms with Crippen molar-refractivity contribution in [3.05, 3.63) is 47.4 Å². The van der Waals surface area contributed by atoms with Crippen LogP contribution >= 0.6 is 11.3 Å². The molecule has 0 aliphatic carbocycles. The van der Waals surface area contributed by atoms with Crippen molar-refractivity contribution in [3.63, 3.8) is 0 Å². The second-order valence-electron chi connectivity index (χ2n) is 7.57. The van der Waals surface area contributed by atoms with Crippen LogP contribution in [0.5, 0.6) is 0 Å². The normalized spacial score (nSPS) is 20.1. The number of aromatic nitrogens is 3. The van der Waals surface area contributed by atoms with Crippen LogP contribution in [0.1, 0.15) is 47.1 Å². The summed E-state index contributed by atoms with van der Waals surface area (Å²) in [5.74, 6) is 1.20. The van der Waals surface area contributed by atoms with Crippen molar-refractivity contribution in [1.82, 2.24) is 19.9 Å². The number of piperidine rings is 1. The molecule has 0 N–H and O–H groups in total. The van der Waals surface area contributed by atoms with E-state index in [1.807, 2.05) is 11.0 Å². The van der Waals surface area contributed by atoms with Gasteiger partial charge in [-0.25, -0.2) is 9.97 Å². The summed E-state index contributed by atoms with van der Waals surface area (Å²) in [6.07, 6.45) is 7.76. The van der Waals surface area contributed by atoms with E-state index in [1.54, 1.807) is 23.7 Å². The van der Waals surface area contributed by atoms with Crippen LogP contribution in [0, 0.1) is 0 Å². The first-order valence-electron chi connectivity index (χ1n) is 10.00. The molecule has 1 amide bonds.